The predicted octanol–water partition coefficient (Wildman–Crippen LogP) is 1.54. The molecule has 0 unspecified atom stereocenters. The van der Waals surface area contributed by atoms with E-state index in [9.17, 15) is 4.79 Å². The van der Waals surface area contributed by atoms with Gasteiger partial charge in [0.15, 0.2) is 5.82 Å². The van der Waals surface area contributed by atoms with Crippen LogP contribution in [0.15, 0.2) is 29.6 Å². The molecular formula is C16H19N7OS. The van der Waals surface area contributed by atoms with Crippen LogP contribution in [0.3, 0.4) is 0 Å². The second kappa shape index (κ2) is 6.75. The first-order valence-corrected chi connectivity index (χ1v) is 9.18. The van der Waals surface area contributed by atoms with Crippen molar-refractivity contribution in [2.24, 2.45) is 7.05 Å². The van der Waals surface area contributed by atoms with E-state index in [-0.39, 0.29) is 11.8 Å². The van der Waals surface area contributed by atoms with Crippen molar-refractivity contribution in [1.82, 2.24) is 34.2 Å². The number of imidazole rings is 1. The molecule has 130 valence electrons. The Morgan fingerprint density at radius 1 is 1.40 bits per heavy atom. The van der Waals surface area contributed by atoms with Gasteiger partial charge in [0.2, 0.25) is 0 Å². The summed E-state index contributed by atoms with van der Waals surface area (Å²) in [6.07, 6.45) is 7.40. The van der Waals surface area contributed by atoms with Gasteiger partial charge in [-0.15, -0.1) is 21.5 Å². The average molecular weight is 357 g/mol. The summed E-state index contributed by atoms with van der Waals surface area (Å²) in [6, 6.07) is 0. The summed E-state index contributed by atoms with van der Waals surface area (Å²) in [5, 5.41) is 10.5. The summed E-state index contributed by atoms with van der Waals surface area (Å²) >= 11 is 1.44. The lowest BCUT2D eigenvalue weighted by Crippen LogP contribution is -2.39. The SMILES string of the molecule is Cn1c(Cn2ccnc2)nnc1[C@@H]1CCCN(C(=O)c2cscn2)C1. The van der Waals surface area contributed by atoms with E-state index in [1.54, 1.807) is 23.4 Å². The molecule has 0 bridgehead atoms. The average Bonchev–Trinajstić information content (AvgIpc) is 3.38. The molecule has 0 saturated carbocycles. The van der Waals surface area contributed by atoms with Crippen LogP contribution in [0.1, 0.15) is 40.9 Å². The molecule has 0 spiro atoms. The van der Waals surface area contributed by atoms with Gasteiger partial charge in [-0.3, -0.25) is 4.79 Å². The van der Waals surface area contributed by atoms with Crippen molar-refractivity contribution in [3.05, 3.63) is 47.0 Å². The fourth-order valence-electron chi connectivity index (χ4n) is 3.26. The Labute approximate surface area is 149 Å². The second-order valence-electron chi connectivity index (χ2n) is 6.23. The first kappa shape index (κ1) is 15.9. The van der Waals surface area contributed by atoms with Crippen LogP contribution in [-0.4, -0.2) is 53.2 Å². The van der Waals surface area contributed by atoms with Gasteiger partial charge in [0.25, 0.3) is 5.91 Å². The second-order valence-corrected chi connectivity index (χ2v) is 6.95. The molecule has 3 aromatic rings. The maximum atomic E-state index is 12.6. The highest BCUT2D eigenvalue weighted by molar-refractivity contribution is 7.07. The van der Waals surface area contributed by atoms with E-state index in [4.69, 9.17) is 0 Å². The van der Waals surface area contributed by atoms with Crippen molar-refractivity contribution in [3.8, 4) is 0 Å². The highest BCUT2D eigenvalue weighted by Gasteiger charge is 2.29. The summed E-state index contributed by atoms with van der Waals surface area (Å²) in [5.41, 5.74) is 2.23. The quantitative estimate of drug-likeness (QED) is 0.707. The Morgan fingerprint density at radius 3 is 3.08 bits per heavy atom. The van der Waals surface area contributed by atoms with E-state index in [1.165, 1.54) is 11.3 Å². The summed E-state index contributed by atoms with van der Waals surface area (Å²) in [5.74, 6) is 2.03. The van der Waals surface area contributed by atoms with E-state index in [0.717, 1.165) is 31.0 Å². The summed E-state index contributed by atoms with van der Waals surface area (Å²) in [6.45, 7) is 2.07. The smallest absolute Gasteiger partial charge is 0.273 e. The van der Waals surface area contributed by atoms with Gasteiger partial charge in [-0.25, -0.2) is 9.97 Å². The van der Waals surface area contributed by atoms with E-state index < -0.39 is 0 Å². The van der Waals surface area contributed by atoms with Crippen LogP contribution in [0, 0.1) is 0 Å². The summed E-state index contributed by atoms with van der Waals surface area (Å²) < 4.78 is 4.01. The van der Waals surface area contributed by atoms with Gasteiger partial charge in [-0.05, 0) is 12.8 Å². The van der Waals surface area contributed by atoms with Gasteiger partial charge in [0.05, 0.1) is 18.4 Å². The molecule has 4 rings (SSSR count). The van der Waals surface area contributed by atoms with Gasteiger partial charge in [0, 0.05) is 43.8 Å². The molecular weight excluding hydrogens is 338 g/mol. The number of thiazole rings is 1. The zero-order valence-electron chi connectivity index (χ0n) is 13.9. The van der Waals surface area contributed by atoms with Gasteiger partial charge >= 0.3 is 0 Å². The lowest BCUT2D eigenvalue weighted by atomic mass is 9.97. The van der Waals surface area contributed by atoms with E-state index in [0.29, 0.717) is 18.8 Å². The molecule has 1 saturated heterocycles. The Balaban J connectivity index is 1.50. The number of carbonyl (C=O) groups excluding carboxylic acids is 1. The molecule has 1 atom stereocenters. The number of amides is 1. The summed E-state index contributed by atoms with van der Waals surface area (Å²) in [7, 11) is 1.99. The fraction of sp³-hybridized carbons (Fsp3) is 0.438. The Bertz CT molecular complexity index is 840. The molecule has 25 heavy (non-hydrogen) atoms. The minimum absolute atomic E-state index is 0.00626. The monoisotopic (exact) mass is 357 g/mol. The van der Waals surface area contributed by atoms with Crippen molar-refractivity contribution >= 4 is 17.2 Å². The fourth-order valence-corrected chi connectivity index (χ4v) is 3.79. The van der Waals surface area contributed by atoms with Crippen LogP contribution in [0.2, 0.25) is 0 Å². The summed E-state index contributed by atoms with van der Waals surface area (Å²) in [4.78, 5) is 22.6. The normalized spacial score (nSPS) is 17.8. The Morgan fingerprint density at radius 2 is 2.32 bits per heavy atom. The van der Waals surface area contributed by atoms with Gasteiger partial charge in [0.1, 0.15) is 11.5 Å². The third kappa shape index (κ3) is 3.19. The number of carbonyl (C=O) groups is 1. The first-order valence-electron chi connectivity index (χ1n) is 8.23. The van der Waals surface area contributed by atoms with Crippen LogP contribution < -0.4 is 0 Å². The number of nitrogens with zero attached hydrogens (tertiary/aromatic N) is 7. The minimum Gasteiger partial charge on any atom is -0.337 e. The molecule has 3 aromatic heterocycles. The lowest BCUT2D eigenvalue weighted by Gasteiger charge is -2.31. The standard InChI is InChI=1S/C16H19N7OS/c1-21-14(8-22-6-4-17-10-22)19-20-15(21)12-3-2-5-23(7-12)16(24)13-9-25-11-18-13/h4,6,9-12H,2-3,5,7-8H2,1H3/t12-/m1/s1. The molecule has 0 N–H and O–H groups in total. The van der Waals surface area contributed by atoms with Crippen LogP contribution in [0.25, 0.3) is 0 Å². The molecule has 0 radical (unpaired) electrons. The maximum absolute atomic E-state index is 12.6. The van der Waals surface area contributed by atoms with Gasteiger partial charge in [-0.2, -0.15) is 0 Å². The highest BCUT2D eigenvalue weighted by atomic mass is 32.1. The van der Waals surface area contributed by atoms with E-state index >= 15 is 0 Å². The van der Waals surface area contributed by atoms with Gasteiger partial charge in [-0.1, -0.05) is 0 Å². The van der Waals surface area contributed by atoms with Crippen molar-refractivity contribution in [2.75, 3.05) is 13.1 Å². The largest absolute Gasteiger partial charge is 0.337 e. The van der Waals surface area contributed by atoms with Crippen molar-refractivity contribution in [3.63, 3.8) is 0 Å². The third-order valence-corrected chi connectivity index (χ3v) is 5.19. The molecule has 4 heterocycles. The van der Waals surface area contributed by atoms with Crippen molar-refractivity contribution in [2.45, 2.75) is 25.3 Å². The number of piperidine rings is 1. The zero-order valence-corrected chi connectivity index (χ0v) is 14.8. The molecule has 9 heteroatoms. The number of hydrogen-bond donors (Lipinski definition) is 0. The maximum Gasteiger partial charge on any atom is 0.273 e. The number of aromatic nitrogens is 6. The van der Waals surface area contributed by atoms with Crippen LogP contribution >= 0.6 is 11.3 Å². The molecule has 1 aliphatic rings. The lowest BCUT2D eigenvalue weighted by molar-refractivity contribution is 0.0698. The third-order valence-electron chi connectivity index (χ3n) is 4.61. The molecule has 8 nitrogen and oxygen atoms in total. The zero-order chi connectivity index (χ0) is 17.2. The minimum atomic E-state index is 0.00626. The number of hydrogen-bond acceptors (Lipinski definition) is 6. The highest BCUT2D eigenvalue weighted by Crippen LogP contribution is 2.26. The molecule has 0 aromatic carbocycles. The Kier molecular flexibility index (Phi) is 4.31. The first-order chi connectivity index (χ1) is 12.2. The number of rotatable bonds is 4. The van der Waals surface area contributed by atoms with Crippen LogP contribution in [0.4, 0.5) is 0 Å². The van der Waals surface area contributed by atoms with Crippen LogP contribution in [-0.2, 0) is 13.6 Å². The van der Waals surface area contributed by atoms with Crippen molar-refractivity contribution in [1.29, 1.82) is 0 Å². The number of likely N-dealkylation sites (tertiary alicyclic amines) is 1. The van der Waals surface area contributed by atoms with Gasteiger partial charge < -0.3 is 14.0 Å². The van der Waals surface area contributed by atoms with E-state index in [1.807, 2.05) is 27.3 Å². The van der Waals surface area contributed by atoms with Crippen molar-refractivity contribution < 1.29 is 4.79 Å². The topological polar surface area (TPSA) is 81.7 Å². The molecule has 1 fully saturated rings. The Hall–Kier alpha value is -2.55. The van der Waals surface area contributed by atoms with E-state index in [2.05, 4.69) is 20.2 Å². The molecule has 1 amide bonds. The van der Waals surface area contributed by atoms with Crippen LogP contribution in [0.5, 0.6) is 0 Å². The molecule has 1 aliphatic heterocycles. The molecule has 0 aliphatic carbocycles. The predicted molar refractivity (Wildman–Crippen MR) is 92.3 cm³/mol.